The maximum absolute atomic E-state index is 8.00. The van der Waals surface area contributed by atoms with Crippen LogP contribution in [0.5, 0.6) is 0 Å². The lowest BCUT2D eigenvalue weighted by Crippen LogP contribution is -2.05. The van der Waals surface area contributed by atoms with Gasteiger partial charge >= 0.3 is 0 Å². The van der Waals surface area contributed by atoms with Crippen molar-refractivity contribution in [3.8, 4) is 0 Å². The average molecular weight is 107 g/mol. The molecule has 0 aromatic carbocycles. The van der Waals surface area contributed by atoms with Crippen LogP contribution in [0.1, 0.15) is 0 Å². The van der Waals surface area contributed by atoms with Crippen LogP contribution in [0.25, 0.3) is 0 Å². The van der Waals surface area contributed by atoms with E-state index in [0.717, 1.165) is 6.61 Å². The smallest absolute Gasteiger partial charge is 0.142 e. The Bertz CT molecular complexity index is 46.8. The van der Waals surface area contributed by atoms with Crippen LogP contribution in [0.15, 0.2) is 0 Å². The fourth-order valence-electron chi connectivity index (χ4n) is 0.175. The van der Waals surface area contributed by atoms with Gasteiger partial charge in [0.2, 0.25) is 0 Å². The fourth-order valence-corrected chi connectivity index (χ4v) is 0.429. The topological polar surface area (TPSA) is 44.8 Å². The third-order valence-corrected chi connectivity index (χ3v) is 0.886. The Morgan fingerprint density at radius 3 is 2.83 bits per heavy atom. The third-order valence-electron chi connectivity index (χ3n) is 0.517. The first-order valence-electron chi connectivity index (χ1n) is 1.61. The second-order valence-corrected chi connectivity index (χ2v) is 1.45. The first-order valence-corrected chi connectivity index (χ1v) is 2.38. The lowest BCUT2D eigenvalue weighted by atomic mass is 10.8. The molecule has 1 heterocycles. The van der Waals surface area contributed by atoms with Crippen molar-refractivity contribution in [1.82, 2.24) is 4.72 Å². The Balaban J connectivity index is 1.88. The van der Waals surface area contributed by atoms with E-state index in [1.54, 1.807) is 0 Å². The molecule has 3 nitrogen and oxygen atoms in total. The van der Waals surface area contributed by atoms with Gasteiger partial charge in [-0.3, -0.25) is 0 Å². The van der Waals surface area contributed by atoms with E-state index < -0.39 is 0 Å². The second-order valence-electron chi connectivity index (χ2n) is 1.03. The van der Waals surface area contributed by atoms with Crippen molar-refractivity contribution in [2.75, 3.05) is 6.61 Å². The van der Waals surface area contributed by atoms with Crippen LogP contribution in [0, 0.1) is 0 Å². The minimum atomic E-state index is 0.111. The van der Waals surface area contributed by atoms with Gasteiger partial charge in [0.15, 0.2) is 0 Å². The highest BCUT2D eigenvalue weighted by Gasteiger charge is 2.20. The molecule has 1 aliphatic rings. The fraction of sp³-hybridized carbons (Fsp3) is 1.00. The number of hydrogen-bond donors (Lipinski definition) is 2. The van der Waals surface area contributed by atoms with Gasteiger partial charge in [0.05, 0.1) is 18.8 Å². The van der Waals surface area contributed by atoms with Crippen LogP contribution in [0.3, 0.4) is 0 Å². The van der Waals surface area contributed by atoms with E-state index in [1.165, 1.54) is 0 Å². The van der Waals surface area contributed by atoms with E-state index in [4.69, 9.17) is 4.55 Å². The largest absolute Gasteiger partial charge is 0.356 e. The summed E-state index contributed by atoms with van der Waals surface area (Å²) in [6.45, 7) is 0.730. The van der Waals surface area contributed by atoms with Crippen molar-refractivity contribution in [3.63, 3.8) is 0 Å². The van der Waals surface area contributed by atoms with Crippen LogP contribution < -0.4 is 4.72 Å². The molecule has 4 heteroatoms. The summed E-state index contributed by atoms with van der Waals surface area (Å²) >= 11 is 0.597. The molecule has 6 heavy (non-hydrogen) atoms. The third kappa shape index (κ3) is 1.14. The number of hydrogen-bond acceptors (Lipinski definition) is 4. The zero-order chi connectivity index (χ0) is 4.41. The van der Waals surface area contributed by atoms with Crippen molar-refractivity contribution >= 4 is 12.2 Å². The van der Waals surface area contributed by atoms with Crippen molar-refractivity contribution in [2.24, 2.45) is 0 Å². The second kappa shape index (κ2) is 1.79. The first-order chi connectivity index (χ1) is 2.93. The Morgan fingerprint density at radius 2 is 2.67 bits per heavy atom. The lowest BCUT2D eigenvalue weighted by molar-refractivity contribution is 0.400. The summed E-state index contributed by atoms with van der Waals surface area (Å²) in [5, 5.41) is 0. The molecule has 1 rings (SSSR count). The Hall–Kier alpha value is 0.230. The van der Waals surface area contributed by atoms with Gasteiger partial charge in [0.1, 0.15) is 6.23 Å². The van der Waals surface area contributed by atoms with Gasteiger partial charge < -0.3 is 9.29 Å². The molecule has 2 N–H and O–H groups in total. The zero-order valence-electron chi connectivity index (χ0n) is 3.05. The number of rotatable bonds is 2. The number of nitrogens with one attached hydrogen (secondary N) is 1. The predicted octanol–water partition coefficient (Wildman–Crippen LogP) is 0.0535. The highest BCUT2D eigenvalue weighted by Crippen LogP contribution is 2.06. The molecule has 0 spiro atoms. The van der Waals surface area contributed by atoms with E-state index in [0.29, 0.717) is 12.2 Å². The Morgan fingerprint density at radius 1 is 2.00 bits per heavy atom. The molecule has 0 aliphatic carbocycles. The molecular weight excluding hydrogens is 102 g/mol. The van der Waals surface area contributed by atoms with Gasteiger partial charge in [0, 0.05) is 0 Å². The normalized spacial score (nSPS) is 30.5. The van der Waals surface area contributed by atoms with Crippen LogP contribution in [-0.4, -0.2) is 17.4 Å². The van der Waals surface area contributed by atoms with Crippen LogP contribution in [0.4, 0.5) is 0 Å². The zero-order valence-corrected chi connectivity index (χ0v) is 3.86. The van der Waals surface area contributed by atoms with Crippen molar-refractivity contribution in [1.29, 1.82) is 0 Å². The molecule has 0 aromatic rings. The van der Waals surface area contributed by atoms with Gasteiger partial charge in [-0.25, -0.2) is 4.72 Å². The molecule has 1 unspecified atom stereocenters. The van der Waals surface area contributed by atoms with Crippen molar-refractivity contribution in [2.45, 2.75) is 6.23 Å². The van der Waals surface area contributed by atoms with Crippen LogP contribution in [-0.2, 0) is 4.74 Å². The number of epoxide rings is 1. The quantitative estimate of drug-likeness (QED) is 0.297. The van der Waals surface area contributed by atoms with E-state index in [2.05, 4.69) is 9.46 Å². The molecule has 0 saturated carbocycles. The lowest BCUT2D eigenvalue weighted by Gasteiger charge is -1.83. The summed E-state index contributed by atoms with van der Waals surface area (Å²) < 4.78 is 15.2. The van der Waals surface area contributed by atoms with Crippen LogP contribution in [0.2, 0.25) is 0 Å². The van der Waals surface area contributed by atoms with Crippen molar-refractivity contribution in [3.05, 3.63) is 0 Å². The van der Waals surface area contributed by atoms with Crippen molar-refractivity contribution < 1.29 is 9.29 Å². The Kier molecular flexibility index (Phi) is 1.31. The predicted molar refractivity (Wildman–Crippen MR) is 23.1 cm³/mol. The minimum Gasteiger partial charge on any atom is -0.356 e. The average Bonchev–Trinajstić information content (AvgIpc) is 2.21. The summed E-state index contributed by atoms with van der Waals surface area (Å²) in [6, 6.07) is 0. The van der Waals surface area contributed by atoms with Gasteiger partial charge in [-0.05, 0) is 0 Å². The summed E-state index contributed by atoms with van der Waals surface area (Å²) in [5.74, 6) is 0. The van der Waals surface area contributed by atoms with Gasteiger partial charge in [-0.1, -0.05) is 0 Å². The summed E-state index contributed by atoms with van der Waals surface area (Å²) in [4.78, 5) is 0. The molecule has 1 atom stereocenters. The maximum Gasteiger partial charge on any atom is 0.142 e. The molecule has 0 amide bonds. The van der Waals surface area contributed by atoms with Crippen LogP contribution >= 0.6 is 12.2 Å². The monoisotopic (exact) mass is 107 g/mol. The van der Waals surface area contributed by atoms with Gasteiger partial charge in [-0.15, -0.1) is 0 Å². The summed E-state index contributed by atoms with van der Waals surface area (Å²) in [7, 11) is 0. The van der Waals surface area contributed by atoms with E-state index in [-0.39, 0.29) is 6.23 Å². The van der Waals surface area contributed by atoms with Gasteiger partial charge in [-0.2, -0.15) is 0 Å². The minimum absolute atomic E-state index is 0.111. The highest BCUT2D eigenvalue weighted by molar-refractivity contribution is 7.91. The summed E-state index contributed by atoms with van der Waals surface area (Å²) in [5.41, 5.74) is 0. The first kappa shape index (κ1) is 4.39. The van der Waals surface area contributed by atoms with E-state index in [9.17, 15) is 0 Å². The standard InChI is InChI=1S/C2H5NO2S/c4-6-3-2-1-5-2/h2-4H,1H2. The molecule has 1 aliphatic heterocycles. The molecule has 1 fully saturated rings. The molecule has 0 bridgehead atoms. The van der Waals surface area contributed by atoms with Gasteiger partial charge in [0.25, 0.3) is 0 Å². The molecule has 0 aromatic heterocycles. The number of ether oxygens (including phenoxy) is 1. The molecule has 36 valence electrons. The Labute approximate surface area is 40.0 Å². The molecule has 0 radical (unpaired) electrons. The molecule has 1 saturated heterocycles. The summed E-state index contributed by atoms with van der Waals surface area (Å²) in [6.07, 6.45) is 0.111. The van der Waals surface area contributed by atoms with E-state index >= 15 is 0 Å². The maximum atomic E-state index is 8.00. The SMILES string of the molecule is OSNC1CO1. The van der Waals surface area contributed by atoms with E-state index in [1.807, 2.05) is 0 Å². The molecular formula is C2H5NO2S. The highest BCUT2D eigenvalue weighted by atomic mass is 32.2.